The normalized spacial score (nSPS) is 24.1. The van der Waals surface area contributed by atoms with Crippen LogP contribution < -0.4 is 0 Å². The zero-order valence-corrected chi connectivity index (χ0v) is 17.2. The van der Waals surface area contributed by atoms with Gasteiger partial charge in [0.1, 0.15) is 24.4 Å². The van der Waals surface area contributed by atoms with E-state index in [4.69, 9.17) is 14.6 Å². The van der Waals surface area contributed by atoms with E-state index in [-0.39, 0.29) is 13.2 Å². The molecule has 1 saturated heterocycles. The first-order valence-corrected chi connectivity index (χ1v) is 11.1. The Morgan fingerprint density at radius 3 is 2.19 bits per heavy atom. The van der Waals surface area contributed by atoms with Gasteiger partial charge >= 0.3 is 0 Å². The molecule has 4 atom stereocenters. The molecule has 1 aliphatic heterocycles. The van der Waals surface area contributed by atoms with Gasteiger partial charge in [0.2, 0.25) is 0 Å². The largest absolute Gasteiger partial charge is 0.394 e. The summed E-state index contributed by atoms with van der Waals surface area (Å²) >= 11 is 0. The molecule has 5 nitrogen and oxygen atoms in total. The van der Waals surface area contributed by atoms with E-state index in [0.29, 0.717) is 6.61 Å². The second-order valence-corrected chi connectivity index (χ2v) is 7.68. The standard InChI is InChI=1S/C22H42O5/c1-2-3-4-5-6-7-8-9-10-11-12-13-14-15-16-26-22-20(25)18-27-21(22)19(24)17-23/h6-7,19-25H,2-5,8-18H2,1H3/b7-6+/t19-,20+,21-,22-/m1/s1. The summed E-state index contributed by atoms with van der Waals surface area (Å²) < 4.78 is 11.0. The Kier molecular flexibility index (Phi) is 15.0. The van der Waals surface area contributed by atoms with E-state index in [1.54, 1.807) is 0 Å². The minimum Gasteiger partial charge on any atom is -0.394 e. The second-order valence-electron chi connectivity index (χ2n) is 7.68. The highest BCUT2D eigenvalue weighted by atomic mass is 16.6. The second kappa shape index (κ2) is 16.5. The van der Waals surface area contributed by atoms with E-state index < -0.39 is 24.4 Å². The van der Waals surface area contributed by atoms with Gasteiger partial charge in [-0.25, -0.2) is 0 Å². The molecule has 0 amide bonds. The number of aliphatic hydroxyl groups is 3. The third kappa shape index (κ3) is 11.2. The predicted octanol–water partition coefficient (Wildman–Crippen LogP) is 3.74. The molecule has 0 radical (unpaired) electrons. The molecular weight excluding hydrogens is 344 g/mol. The summed E-state index contributed by atoms with van der Waals surface area (Å²) in [5, 5.41) is 28.6. The fourth-order valence-corrected chi connectivity index (χ4v) is 3.47. The van der Waals surface area contributed by atoms with Crippen molar-refractivity contribution in [2.45, 2.75) is 108 Å². The molecule has 0 aromatic heterocycles. The smallest absolute Gasteiger partial charge is 0.114 e. The van der Waals surface area contributed by atoms with Crippen molar-refractivity contribution in [3.8, 4) is 0 Å². The van der Waals surface area contributed by atoms with Gasteiger partial charge in [-0.3, -0.25) is 0 Å². The van der Waals surface area contributed by atoms with E-state index >= 15 is 0 Å². The molecule has 0 aromatic carbocycles. The number of unbranched alkanes of at least 4 members (excludes halogenated alkanes) is 10. The molecule has 3 N–H and O–H groups in total. The maximum absolute atomic E-state index is 9.87. The van der Waals surface area contributed by atoms with Crippen molar-refractivity contribution in [2.24, 2.45) is 0 Å². The van der Waals surface area contributed by atoms with Crippen LogP contribution in [0.25, 0.3) is 0 Å². The summed E-state index contributed by atoms with van der Waals surface area (Å²) in [6, 6.07) is 0. The molecule has 27 heavy (non-hydrogen) atoms. The Hall–Kier alpha value is -0.460. The van der Waals surface area contributed by atoms with Crippen LogP contribution in [0.4, 0.5) is 0 Å². The van der Waals surface area contributed by atoms with Crippen LogP contribution >= 0.6 is 0 Å². The van der Waals surface area contributed by atoms with Gasteiger partial charge in [0.25, 0.3) is 0 Å². The summed E-state index contributed by atoms with van der Waals surface area (Å²) in [5.41, 5.74) is 0. The van der Waals surface area contributed by atoms with Crippen molar-refractivity contribution in [3.63, 3.8) is 0 Å². The Labute approximate surface area is 165 Å². The average molecular weight is 387 g/mol. The SMILES string of the molecule is CCCCC/C=C/CCCCCCCCCO[C@H]1[C@@H]([C@H](O)CO)OC[C@@H]1O. The Morgan fingerprint density at radius 2 is 1.56 bits per heavy atom. The molecular formula is C22H42O5. The van der Waals surface area contributed by atoms with E-state index in [9.17, 15) is 10.2 Å². The van der Waals surface area contributed by atoms with Crippen LogP contribution in [0.5, 0.6) is 0 Å². The van der Waals surface area contributed by atoms with Crippen molar-refractivity contribution >= 4 is 0 Å². The third-order valence-corrected chi connectivity index (χ3v) is 5.20. The summed E-state index contributed by atoms with van der Waals surface area (Å²) in [5.74, 6) is 0. The molecule has 5 heteroatoms. The molecule has 1 aliphatic rings. The Morgan fingerprint density at radius 1 is 0.963 bits per heavy atom. The zero-order chi connectivity index (χ0) is 19.7. The van der Waals surface area contributed by atoms with Gasteiger partial charge in [0.05, 0.1) is 13.2 Å². The van der Waals surface area contributed by atoms with Gasteiger partial charge < -0.3 is 24.8 Å². The lowest BCUT2D eigenvalue weighted by molar-refractivity contribution is -0.0938. The van der Waals surface area contributed by atoms with Crippen molar-refractivity contribution in [1.82, 2.24) is 0 Å². The molecule has 0 bridgehead atoms. The molecule has 0 unspecified atom stereocenters. The third-order valence-electron chi connectivity index (χ3n) is 5.20. The van der Waals surface area contributed by atoms with Crippen LogP contribution in [0.15, 0.2) is 12.2 Å². The molecule has 1 rings (SSSR count). The average Bonchev–Trinajstić information content (AvgIpc) is 3.04. The monoisotopic (exact) mass is 386 g/mol. The van der Waals surface area contributed by atoms with Crippen molar-refractivity contribution in [3.05, 3.63) is 12.2 Å². The van der Waals surface area contributed by atoms with E-state index in [1.165, 1.54) is 64.2 Å². The quantitative estimate of drug-likeness (QED) is 0.262. The molecule has 0 aromatic rings. The van der Waals surface area contributed by atoms with Gasteiger partial charge in [0.15, 0.2) is 0 Å². The lowest BCUT2D eigenvalue weighted by Crippen LogP contribution is -2.42. The molecule has 160 valence electrons. The topological polar surface area (TPSA) is 79.2 Å². The number of aliphatic hydroxyl groups excluding tert-OH is 3. The zero-order valence-electron chi connectivity index (χ0n) is 17.2. The Balaban J connectivity index is 1.90. The lowest BCUT2D eigenvalue weighted by atomic mass is 10.1. The summed E-state index contributed by atoms with van der Waals surface area (Å²) in [4.78, 5) is 0. The van der Waals surface area contributed by atoms with Crippen molar-refractivity contribution < 1.29 is 24.8 Å². The molecule has 1 heterocycles. The number of rotatable bonds is 17. The first-order valence-electron chi connectivity index (χ1n) is 11.1. The highest BCUT2D eigenvalue weighted by molar-refractivity contribution is 4.89. The summed E-state index contributed by atoms with van der Waals surface area (Å²) in [6.45, 7) is 2.57. The van der Waals surface area contributed by atoms with Gasteiger partial charge in [-0.1, -0.05) is 64.0 Å². The lowest BCUT2D eigenvalue weighted by Gasteiger charge is -2.23. The fraction of sp³-hybridized carbons (Fsp3) is 0.909. The highest BCUT2D eigenvalue weighted by Gasteiger charge is 2.40. The molecule has 0 saturated carbocycles. The van der Waals surface area contributed by atoms with Crippen LogP contribution in [0, 0.1) is 0 Å². The van der Waals surface area contributed by atoms with Gasteiger partial charge in [0, 0.05) is 6.61 Å². The molecule has 1 fully saturated rings. The predicted molar refractivity (Wildman–Crippen MR) is 109 cm³/mol. The molecule has 0 spiro atoms. The first kappa shape index (κ1) is 24.6. The number of hydrogen-bond donors (Lipinski definition) is 3. The first-order chi connectivity index (χ1) is 13.2. The minimum absolute atomic E-state index is 0.153. The Bertz CT molecular complexity index is 361. The number of ether oxygens (including phenoxy) is 2. The number of hydrogen-bond acceptors (Lipinski definition) is 5. The fourth-order valence-electron chi connectivity index (χ4n) is 3.47. The maximum Gasteiger partial charge on any atom is 0.114 e. The van der Waals surface area contributed by atoms with Crippen LogP contribution in [-0.2, 0) is 9.47 Å². The number of allylic oxidation sites excluding steroid dienone is 2. The van der Waals surface area contributed by atoms with E-state index in [2.05, 4.69) is 19.1 Å². The highest BCUT2D eigenvalue weighted by Crippen LogP contribution is 2.21. The van der Waals surface area contributed by atoms with E-state index in [0.717, 1.165) is 12.8 Å². The van der Waals surface area contributed by atoms with Crippen LogP contribution in [0.3, 0.4) is 0 Å². The summed E-state index contributed by atoms with van der Waals surface area (Å²) in [7, 11) is 0. The van der Waals surface area contributed by atoms with Crippen molar-refractivity contribution in [2.75, 3.05) is 19.8 Å². The van der Waals surface area contributed by atoms with Crippen LogP contribution in [0.1, 0.15) is 84.0 Å². The van der Waals surface area contributed by atoms with E-state index in [1.807, 2.05) is 0 Å². The minimum atomic E-state index is -1.00. The molecule has 0 aliphatic carbocycles. The van der Waals surface area contributed by atoms with Gasteiger partial charge in [-0.05, 0) is 32.1 Å². The van der Waals surface area contributed by atoms with Crippen LogP contribution in [-0.4, -0.2) is 59.6 Å². The van der Waals surface area contributed by atoms with Gasteiger partial charge in [-0.15, -0.1) is 0 Å². The summed E-state index contributed by atoms with van der Waals surface area (Å²) in [6.07, 6.45) is 16.6. The van der Waals surface area contributed by atoms with Crippen molar-refractivity contribution in [1.29, 1.82) is 0 Å². The van der Waals surface area contributed by atoms with Crippen LogP contribution in [0.2, 0.25) is 0 Å². The maximum atomic E-state index is 9.87. The van der Waals surface area contributed by atoms with Gasteiger partial charge in [-0.2, -0.15) is 0 Å².